The Hall–Kier alpha value is -2.81. The molecule has 2 heterocycles. The van der Waals surface area contributed by atoms with Crippen molar-refractivity contribution in [1.82, 2.24) is 20.4 Å². The number of nitrogens with two attached hydrogens (primary N) is 1. The fraction of sp³-hybridized carbons (Fsp3) is 0. The SMILES string of the molecule is Nc1c(NNC(=O)c2ccc(Cl)cc2Cl)ncnc1Nc1cccnc1Cl. The van der Waals surface area contributed by atoms with Crippen LogP contribution in [-0.2, 0) is 0 Å². The second-order valence-electron chi connectivity index (χ2n) is 5.15. The van der Waals surface area contributed by atoms with Gasteiger partial charge in [0.2, 0.25) is 0 Å². The average Bonchev–Trinajstić information content (AvgIpc) is 2.64. The van der Waals surface area contributed by atoms with E-state index in [1.807, 2.05) is 0 Å². The minimum atomic E-state index is -0.487. The van der Waals surface area contributed by atoms with Gasteiger partial charge in [0, 0.05) is 11.2 Å². The molecular weight excluding hydrogens is 413 g/mol. The minimum Gasteiger partial charge on any atom is -0.393 e. The number of benzene rings is 1. The number of hydrazine groups is 1. The summed E-state index contributed by atoms with van der Waals surface area (Å²) in [5, 5.41) is 3.86. The van der Waals surface area contributed by atoms with Gasteiger partial charge in [0.1, 0.15) is 12.0 Å². The van der Waals surface area contributed by atoms with E-state index in [1.54, 1.807) is 24.4 Å². The van der Waals surface area contributed by atoms with Crippen molar-refractivity contribution in [1.29, 1.82) is 0 Å². The number of aromatic nitrogens is 3. The monoisotopic (exact) mass is 423 g/mol. The molecule has 1 amide bonds. The number of anilines is 4. The number of nitrogens with one attached hydrogen (secondary N) is 3. The zero-order chi connectivity index (χ0) is 19.4. The van der Waals surface area contributed by atoms with Gasteiger partial charge in [-0.25, -0.2) is 15.0 Å². The van der Waals surface area contributed by atoms with E-state index >= 15 is 0 Å². The Labute approximate surface area is 169 Å². The number of hydrogen-bond acceptors (Lipinski definition) is 7. The third kappa shape index (κ3) is 4.48. The summed E-state index contributed by atoms with van der Waals surface area (Å²) in [7, 11) is 0. The van der Waals surface area contributed by atoms with E-state index in [1.165, 1.54) is 18.5 Å². The van der Waals surface area contributed by atoms with Crippen LogP contribution in [0.3, 0.4) is 0 Å². The van der Waals surface area contributed by atoms with Gasteiger partial charge < -0.3 is 11.1 Å². The molecule has 1 aromatic carbocycles. The normalized spacial score (nSPS) is 10.3. The first-order chi connectivity index (χ1) is 13.0. The van der Waals surface area contributed by atoms with Crippen molar-refractivity contribution in [2.75, 3.05) is 16.5 Å². The summed E-state index contributed by atoms with van der Waals surface area (Å²) < 4.78 is 0. The summed E-state index contributed by atoms with van der Waals surface area (Å²) in [5.74, 6) is -0.00776. The van der Waals surface area contributed by atoms with Gasteiger partial charge in [0.05, 0.1) is 16.3 Å². The molecule has 0 radical (unpaired) electrons. The molecule has 0 spiro atoms. The fourth-order valence-corrected chi connectivity index (χ4v) is 2.72. The van der Waals surface area contributed by atoms with Crippen molar-refractivity contribution in [2.24, 2.45) is 0 Å². The number of carbonyl (C=O) groups excluding carboxylic acids is 1. The summed E-state index contributed by atoms with van der Waals surface area (Å²) in [6, 6.07) is 7.95. The Morgan fingerprint density at radius 3 is 2.56 bits per heavy atom. The highest BCUT2D eigenvalue weighted by molar-refractivity contribution is 6.36. The Morgan fingerprint density at radius 1 is 1.04 bits per heavy atom. The van der Waals surface area contributed by atoms with Crippen LogP contribution < -0.4 is 21.9 Å². The van der Waals surface area contributed by atoms with E-state index < -0.39 is 5.91 Å². The number of carbonyl (C=O) groups is 1. The molecular formula is C16H12Cl3N7O. The number of halogens is 3. The molecule has 27 heavy (non-hydrogen) atoms. The number of rotatable bonds is 5. The van der Waals surface area contributed by atoms with Gasteiger partial charge in [-0.2, -0.15) is 0 Å². The molecule has 0 fully saturated rings. The number of nitrogen functional groups attached to an aromatic ring is 1. The summed E-state index contributed by atoms with van der Waals surface area (Å²) in [6.45, 7) is 0. The molecule has 0 bridgehead atoms. The molecule has 0 atom stereocenters. The summed E-state index contributed by atoms with van der Waals surface area (Å²) in [4.78, 5) is 24.3. The van der Waals surface area contributed by atoms with Crippen LogP contribution in [-0.4, -0.2) is 20.9 Å². The zero-order valence-corrected chi connectivity index (χ0v) is 15.8. The lowest BCUT2D eigenvalue weighted by atomic mass is 10.2. The first-order valence-corrected chi connectivity index (χ1v) is 8.58. The van der Waals surface area contributed by atoms with E-state index in [4.69, 9.17) is 40.5 Å². The molecule has 0 saturated heterocycles. The van der Waals surface area contributed by atoms with Crippen LogP contribution in [0.5, 0.6) is 0 Å². The lowest BCUT2D eigenvalue weighted by Crippen LogP contribution is -2.30. The van der Waals surface area contributed by atoms with Gasteiger partial charge in [0.25, 0.3) is 5.91 Å². The molecule has 5 N–H and O–H groups in total. The zero-order valence-electron chi connectivity index (χ0n) is 13.5. The Balaban J connectivity index is 1.74. The van der Waals surface area contributed by atoms with E-state index in [0.29, 0.717) is 16.5 Å². The van der Waals surface area contributed by atoms with Crippen LogP contribution >= 0.6 is 34.8 Å². The van der Waals surface area contributed by atoms with Crippen molar-refractivity contribution >= 4 is 63.7 Å². The predicted molar refractivity (Wildman–Crippen MR) is 107 cm³/mol. The highest BCUT2D eigenvalue weighted by Crippen LogP contribution is 2.28. The number of amides is 1. The molecule has 0 aliphatic carbocycles. The Kier molecular flexibility index (Phi) is 5.80. The van der Waals surface area contributed by atoms with Gasteiger partial charge >= 0.3 is 0 Å². The third-order valence-electron chi connectivity index (χ3n) is 3.37. The minimum absolute atomic E-state index is 0.167. The topological polar surface area (TPSA) is 118 Å². The molecule has 3 aromatic rings. The van der Waals surface area contributed by atoms with Gasteiger partial charge in [-0.05, 0) is 30.3 Å². The molecule has 2 aromatic heterocycles. The number of pyridine rings is 1. The molecule has 138 valence electrons. The molecule has 11 heteroatoms. The maximum absolute atomic E-state index is 12.3. The highest BCUT2D eigenvalue weighted by Gasteiger charge is 2.13. The van der Waals surface area contributed by atoms with Crippen LogP contribution in [0.1, 0.15) is 10.4 Å². The molecule has 3 rings (SSSR count). The fourth-order valence-electron chi connectivity index (χ4n) is 2.06. The molecule has 0 aliphatic rings. The van der Waals surface area contributed by atoms with E-state index in [-0.39, 0.29) is 27.2 Å². The molecule has 0 unspecified atom stereocenters. The largest absolute Gasteiger partial charge is 0.393 e. The third-order valence-corrected chi connectivity index (χ3v) is 4.22. The van der Waals surface area contributed by atoms with Crippen LogP contribution in [0.15, 0.2) is 42.9 Å². The summed E-state index contributed by atoms with van der Waals surface area (Å²) in [6.07, 6.45) is 2.83. The van der Waals surface area contributed by atoms with Gasteiger partial charge in [-0.3, -0.25) is 15.6 Å². The van der Waals surface area contributed by atoms with Crippen molar-refractivity contribution in [3.05, 3.63) is 63.6 Å². The molecule has 0 aliphatic heterocycles. The van der Waals surface area contributed by atoms with Crippen molar-refractivity contribution in [3.8, 4) is 0 Å². The van der Waals surface area contributed by atoms with Gasteiger partial charge in [-0.1, -0.05) is 34.8 Å². The van der Waals surface area contributed by atoms with E-state index in [9.17, 15) is 4.79 Å². The molecule has 0 saturated carbocycles. The summed E-state index contributed by atoms with van der Waals surface area (Å²) >= 11 is 17.9. The van der Waals surface area contributed by atoms with Crippen LogP contribution in [0.25, 0.3) is 0 Å². The smallest absolute Gasteiger partial charge is 0.271 e. The predicted octanol–water partition coefficient (Wildman–Crippen LogP) is 3.91. The maximum atomic E-state index is 12.3. The quantitative estimate of drug-likeness (QED) is 0.362. The number of hydrogen-bond donors (Lipinski definition) is 4. The van der Waals surface area contributed by atoms with E-state index in [2.05, 4.69) is 31.1 Å². The Morgan fingerprint density at radius 2 is 1.81 bits per heavy atom. The van der Waals surface area contributed by atoms with Crippen LogP contribution in [0.2, 0.25) is 15.2 Å². The van der Waals surface area contributed by atoms with E-state index in [0.717, 1.165) is 0 Å². The van der Waals surface area contributed by atoms with Crippen molar-refractivity contribution in [2.45, 2.75) is 0 Å². The van der Waals surface area contributed by atoms with Crippen molar-refractivity contribution < 1.29 is 4.79 Å². The lowest BCUT2D eigenvalue weighted by Gasteiger charge is -2.14. The average molecular weight is 425 g/mol. The standard InChI is InChI=1S/C16H12Cl3N7O/c17-8-3-4-9(10(18)6-8)16(27)26-25-15-12(20)14(22-7-23-15)24-11-2-1-5-21-13(11)19/h1-7H,20H2,(H,26,27)(H2,22,23,24,25). The maximum Gasteiger partial charge on any atom is 0.271 e. The van der Waals surface area contributed by atoms with Gasteiger partial charge in [-0.15, -0.1) is 0 Å². The number of nitrogens with zero attached hydrogens (tertiary/aromatic N) is 3. The van der Waals surface area contributed by atoms with Gasteiger partial charge in [0.15, 0.2) is 16.8 Å². The summed E-state index contributed by atoms with van der Waals surface area (Å²) in [5.41, 5.74) is 12.1. The van der Waals surface area contributed by atoms with Crippen molar-refractivity contribution in [3.63, 3.8) is 0 Å². The first-order valence-electron chi connectivity index (χ1n) is 7.45. The second kappa shape index (κ2) is 8.26. The highest BCUT2D eigenvalue weighted by atomic mass is 35.5. The van der Waals surface area contributed by atoms with Crippen LogP contribution in [0, 0.1) is 0 Å². The first kappa shape index (κ1) is 19.0. The Bertz CT molecular complexity index is 999. The lowest BCUT2D eigenvalue weighted by molar-refractivity contribution is 0.0962. The second-order valence-corrected chi connectivity index (χ2v) is 6.36. The van der Waals surface area contributed by atoms with Crippen LogP contribution in [0.4, 0.5) is 23.0 Å². The molecule has 8 nitrogen and oxygen atoms in total.